The number of carbonyl (C=O) groups is 2. The third-order valence-corrected chi connectivity index (χ3v) is 4.86. The van der Waals surface area contributed by atoms with E-state index in [0.717, 1.165) is 12.1 Å². The number of rotatable bonds is 9. The zero-order chi connectivity index (χ0) is 22.2. The van der Waals surface area contributed by atoms with Crippen LogP contribution in [0.15, 0.2) is 79.4 Å². The molecule has 0 unspecified atom stereocenters. The highest BCUT2D eigenvalue weighted by molar-refractivity contribution is 5.94. The smallest absolute Gasteiger partial charge is 0.340 e. The number of nitrogens with zero attached hydrogens (tertiary/aromatic N) is 1. The molecular weight excluding hydrogens is 390 g/mol. The Bertz CT molecular complexity index is 1110. The van der Waals surface area contributed by atoms with Crippen molar-refractivity contribution in [2.75, 3.05) is 6.61 Å². The fourth-order valence-corrected chi connectivity index (χ4v) is 3.46. The molecule has 0 fully saturated rings. The van der Waals surface area contributed by atoms with Crippen LogP contribution in [-0.2, 0) is 17.6 Å². The Labute approximate surface area is 181 Å². The van der Waals surface area contributed by atoms with Crippen molar-refractivity contribution >= 4 is 18.0 Å². The summed E-state index contributed by atoms with van der Waals surface area (Å²) >= 11 is 0. The number of ether oxygens (including phenoxy) is 1. The van der Waals surface area contributed by atoms with Gasteiger partial charge in [0.2, 0.25) is 0 Å². The van der Waals surface area contributed by atoms with E-state index in [4.69, 9.17) is 4.74 Å². The molecule has 0 saturated heterocycles. The lowest BCUT2D eigenvalue weighted by Crippen LogP contribution is -2.08. The minimum Gasteiger partial charge on any atom is -0.478 e. The number of aromatic carboxylic acids is 1. The molecule has 1 heterocycles. The maximum atomic E-state index is 12.7. The summed E-state index contributed by atoms with van der Waals surface area (Å²) in [6.45, 7) is 5.75. The van der Waals surface area contributed by atoms with Crippen LogP contribution in [0.2, 0.25) is 0 Å². The van der Waals surface area contributed by atoms with E-state index in [9.17, 15) is 14.7 Å². The average Bonchev–Trinajstić information content (AvgIpc) is 3.15. The number of benzene rings is 2. The van der Waals surface area contributed by atoms with E-state index in [1.54, 1.807) is 43.4 Å². The molecule has 2 aromatic carbocycles. The molecule has 0 bridgehead atoms. The first-order valence-corrected chi connectivity index (χ1v) is 10.1. The molecule has 3 rings (SSSR count). The molecular formula is C26H25NO4. The predicted molar refractivity (Wildman–Crippen MR) is 122 cm³/mol. The lowest BCUT2D eigenvalue weighted by atomic mass is 10.1. The summed E-state index contributed by atoms with van der Waals surface area (Å²) in [5.74, 6) is -1.42. The SMILES string of the molecule is C=C/C=C/c1c(C(=O)OCC)cc(CCc2ccccc2)n1-c1cccc(C(=O)O)c1. The zero-order valence-corrected chi connectivity index (χ0v) is 17.5. The van der Waals surface area contributed by atoms with Gasteiger partial charge in [-0.1, -0.05) is 55.1 Å². The normalized spacial score (nSPS) is 10.9. The van der Waals surface area contributed by atoms with Crippen LogP contribution in [0, 0.1) is 0 Å². The lowest BCUT2D eigenvalue weighted by molar-refractivity contribution is 0.0525. The highest BCUT2D eigenvalue weighted by Crippen LogP contribution is 2.26. The summed E-state index contributed by atoms with van der Waals surface area (Å²) in [7, 11) is 0. The maximum absolute atomic E-state index is 12.7. The van der Waals surface area contributed by atoms with Crippen LogP contribution in [0.1, 0.15) is 44.6 Å². The van der Waals surface area contributed by atoms with Gasteiger partial charge in [0.25, 0.3) is 0 Å². The van der Waals surface area contributed by atoms with Gasteiger partial charge in [0.15, 0.2) is 0 Å². The predicted octanol–water partition coefficient (Wildman–Crippen LogP) is 5.34. The molecule has 0 spiro atoms. The van der Waals surface area contributed by atoms with Crippen molar-refractivity contribution in [1.82, 2.24) is 4.57 Å². The van der Waals surface area contributed by atoms with Crippen molar-refractivity contribution in [3.05, 3.63) is 107 Å². The summed E-state index contributed by atoms with van der Waals surface area (Å²) in [6, 6.07) is 18.6. The highest BCUT2D eigenvalue weighted by atomic mass is 16.5. The molecule has 3 aromatic rings. The summed E-state index contributed by atoms with van der Waals surface area (Å²) in [4.78, 5) is 24.2. The number of allylic oxidation sites excluding steroid dienone is 2. The second-order valence-corrected chi connectivity index (χ2v) is 6.93. The Balaban J connectivity index is 2.16. The molecule has 1 aromatic heterocycles. The van der Waals surface area contributed by atoms with E-state index < -0.39 is 11.9 Å². The van der Waals surface area contributed by atoms with Crippen molar-refractivity contribution in [3.8, 4) is 5.69 Å². The monoisotopic (exact) mass is 415 g/mol. The molecule has 0 radical (unpaired) electrons. The van der Waals surface area contributed by atoms with Crippen molar-refractivity contribution < 1.29 is 19.4 Å². The molecule has 5 nitrogen and oxygen atoms in total. The molecule has 0 saturated carbocycles. The summed E-state index contributed by atoms with van der Waals surface area (Å²) in [5.41, 5.74) is 3.97. The minimum absolute atomic E-state index is 0.177. The van der Waals surface area contributed by atoms with Gasteiger partial charge in [0.1, 0.15) is 0 Å². The highest BCUT2D eigenvalue weighted by Gasteiger charge is 2.21. The number of hydrogen-bond donors (Lipinski definition) is 1. The maximum Gasteiger partial charge on any atom is 0.340 e. The molecule has 0 aliphatic heterocycles. The quantitative estimate of drug-likeness (QED) is 0.378. The van der Waals surface area contributed by atoms with Gasteiger partial charge in [-0.05, 0) is 55.7 Å². The van der Waals surface area contributed by atoms with Crippen LogP contribution >= 0.6 is 0 Å². The Morgan fingerprint density at radius 1 is 1.06 bits per heavy atom. The lowest BCUT2D eigenvalue weighted by Gasteiger charge is -2.13. The van der Waals surface area contributed by atoms with Gasteiger partial charge >= 0.3 is 11.9 Å². The molecule has 0 aliphatic carbocycles. The summed E-state index contributed by atoms with van der Waals surface area (Å²) in [6.07, 6.45) is 6.60. The number of hydrogen-bond acceptors (Lipinski definition) is 3. The number of aryl methyl sites for hydroxylation is 2. The Morgan fingerprint density at radius 2 is 1.84 bits per heavy atom. The Hall–Kier alpha value is -3.86. The van der Waals surface area contributed by atoms with Crippen molar-refractivity contribution in [3.63, 3.8) is 0 Å². The van der Waals surface area contributed by atoms with Gasteiger partial charge in [-0.15, -0.1) is 0 Å². The molecule has 31 heavy (non-hydrogen) atoms. The van der Waals surface area contributed by atoms with Gasteiger partial charge in [0, 0.05) is 11.4 Å². The second-order valence-electron chi connectivity index (χ2n) is 6.93. The first-order chi connectivity index (χ1) is 15.0. The second kappa shape index (κ2) is 10.3. The van der Waals surface area contributed by atoms with Crippen LogP contribution in [0.25, 0.3) is 11.8 Å². The van der Waals surface area contributed by atoms with Gasteiger partial charge in [0.05, 0.1) is 23.4 Å². The average molecular weight is 415 g/mol. The fourth-order valence-electron chi connectivity index (χ4n) is 3.46. The third kappa shape index (κ3) is 5.20. The van der Waals surface area contributed by atoms with Crippen LogP contribution in [0.5, 0.6) is 0 Å². The van der Waals surface area contributed by atoms with Crippen LogP contribution < -0.4 is 0 Å². The summed E-state index contributed by atoms with van der Waals surface area (Å²) < 4.78 is 7.19. The number of carboxylic acid groups (broad SMARTS) is 1. The first kappa shape index (κ1) is 21.8. The number of carboxylic acids is 1. The first-order valence-electron chi connectivity index (χ1n) is 10.1. The van der Waals surface area contributed by atoms with E-state index >= 15 is 0 Å². The van der Waals surface area contributed by atoms with E-state index in [0.29, 0.717) is 23.4 Å². The Kier molecular flexibility index (Phi) is 7.22. The van der Waals surface area contributed by atoms with Gasteiger partial charge in [-0.2, -0.15) is 0 Å². The molecule has 0 atom stereocenters. The standard InChI is InChI=1S/C26H25NO4/c1-3-5-14-24-23(26(30)31-4-2)18-22(16-15-19-10-7-6-8-11-19)27(24)21-13-9-12-20(17-21)25(28)29/h3,5-14,17-18H,1,4,15-16H2,2H3,(H,28,29)/b14-5+. The van der Waals surface area contributed by atoms with Gasteiger partial charge in [-0.25, -0.2) is 9.59 Å². The van der Waals surface area contributed by atoms with Gasteiger partial charge in [-0.3, -0.25) is 0 Å². The molecule has 0 aliphatic rings. The van der Waals surface area contributed by atoms with Gasteiger partial charge < -0.3 is 14.4 Å². The topological polar surface area (TPSA) is 68.5 Å². The van der Waals surface area contributed by atoms with Crippen LogP contribution in [0.3, 0.4) is 0 Å². The molecule has 1 N–H and O–H groups in total. The number of aromatic nitrogens is 1. The molecule has 0 amide bonds. The van der Waals surface area contributed by atoms with Crippen LogP contribution in [0.4, 0.5) is 0 Å². The van der Waals surface area contributed by atoms with E-state index in [1.165, 1.54) is 5.56 Å². The van der Waals surface area contributed by atoms with Crippen molar-refractivity contribution in [2.45, 2.75) is 19.8 Å². The zero-order valence-electron chi connectivity index (χ0n) is 17.5. The minimum atomic E-state index is -1.01. The number of carbonyl (C=O) groups excluding carboxylic acids is 1. The van der Waals surface area contributed by atoms with Crippen LogP contribution in [-0.4, -0.2) is 28.2 Å². The van der Waals surface area contributed by atoms with Crippen molar-refractivity contribution in [1.29, 1.82) is 0 Å². The molecule has 158 valence electrons. The fraction of sp³-hybridized carbons (Fsp3) is 0.154. The number of esters is 1. The van der Waals surface area contributed by atoms with Crippen molar-refractivity contribution in [2.24, 2.45) is 0 Å². The third-order valence-electron chi connectivity index (χ3n) is 4.86. The molecule has 5 heteroatoms. The Morgan fingerprint density at radius 3 is 2.52 bits per heavy atom. The van der Waals surface area contributed by atoms with E-state index in [2.05, 4.69) is 18.7 Å². The van der Waals surface area contributed by atoms with E-state index in [1.807, 2.05) is 34.9 Å². The van der Waals surface area contributed by atoms with E-state index in [-0.39, 0.29) is 12.2 Å². The summed E-state index contributed by atoms with van der Waals surface area (Å²) in [5, 5.41) is 9.44. The largest absolute Gasteiger partial charge is 0.478 e.